The van der Waals surface area contributed by atoms with Gasteiger partial charge in [0.25, 0.3) is 5.91 Å². The minimum Gasteiger partial charge on any atom is -0.351 e. The van der Waals surface area contributed by atoms with Crippen LogP contribution < -0.4 is 10.8 Å². The lowest BCUT2D eigenvalue weighted by molar-refractivity contribution is -0.147. The van der Waals surface area contributed by atoms with E-state index in [9.17, 15) is 9.18 Å². The van der Waals surface area contributed by atoms with Crippen LogP contribution in [0, 0.1) is 5.82 Å². The summed E-state index contributed by atoms with van der Waals surface area (Å²) in [5.41, 5.74) is 3.50. The van der Waals surface area contributed by atoms with Crippen LogP contribution in [0.15, 0.2) is 41.4 Å². The Balaban J connectivity index is 1.53. The quantitative estimate of drug-likeness (QED) is 0.388. The van der Waals surface area contributed by atoms with Crippen molar-refractivity contribution in [2.75, 3.05) is 24.8 Å². The first kappa shape index (κ1) is 22.0. The van der Waals surface area contributed by atoms with Crippen LogP contribution in [0.3, 0.4) is 0 Å². The predicted molar refractivity (Wildman–Crippen MR) is 119 cm³/mol. The third-order valence-electron chi connectivity index (χ3n) is 4.71. The van der Waals surface area contributed by atoms with E-state index in [1.54, 1.807) is 24.4 Å². The van der Waals surface area contributed by atoms with Gasteiger partial charge in [-0.15, -0.1) is 11.8 Å². The Morgan fingerprint density at radius 3 is 2.94 bits per heavy atom. The summed E-state index contributed by atoms with van der Waals surface area (Å²) in [5, 5.41) is 3.92. The summed E-state index contributed by atoms with van der Waals surface area (Å²) < 4.78 is 30.7. The van der Waals surface area contributed by atoms with E-state index in [-0.39, 0.29) is 18.4 Å². The van der Waals surface area contributed by atoms with E-state index in [2.05, 4.69) is 15.2 Å². The molecule has 1 aliphatic heterocycles. The molecule has 0 spiro atoms. The van der Waals surface area contributed by atoms with Gasteiger partial charge in [-0.3, -0.25) is 9.63 Å². The van der Waals surface area contributed by atoms with E-state index in [1.807, 2.05) is 26.2 Å². The molecule has 7 nitrogen and oxygen atoms in total. The molecule has 1 aromatic heterocycles. The molecule has 1 fully saturated rings. The Bertz CT molecular complexity index is 1110. The predicted octanol–water partition coefficient (Wildman–Crippen LogP) is 4.71. The number of hydroxylamine groups is 1. The zero-order chi connectivity index (χ0) is 22.0. The van der Waals surface area contributed by atoms with Gasteiger partial charge in [0.1, 0.15) is 18.5 Å². The normalized spacial score (nSPS) is 17.7. The van der Waals surface area contributed by atoms with E-state index in [4.69, 9.17) is 14.3 Å². The molecule has 3 aromatic rings. The molecule has 2 N–H and O–H groups in total. The van der Waals surface area contributed by atoms with Gasteiger partial charge in [0.15, 0.2) is 5.79 Å². The molecule has 2 heterocycles. The maximum absolute atomic E-state index is 14.6. The third kappa shape index (κ3) is 4.99. The highest BCUT2D eigenvalue weighted by atomic mass is 32.2. The number of carbonyl (C=O) groups excluding carboxylic acids is 1. The van der Waals surface area contributed by atoms with Gasteiger partial charge in [0.2, 0.25) is 0 Å². The highest BCUT2D eigenvalue weighted by Crippen LogP contribution is 2.34. The lowest BCUT2D eigenvalue weighted by atomic mass is 10.1. The number of rotatable bonds is 7. The van der Waals surface area contributed by atoms with Crippen molar-refractivity contribution >= 4 is 50.7 Å². The number of amides is 1. The average molecular weight is 464 g/mol. The van der Waals surface area contributed by atoms with Crippen molar-refractivity contribution in [3.05, 3.63) is 47.9 Å². The number of hydrogen-bond donors (Lipinski definition) is 2. The first-order valence-corrected chi connectivity index (χ1v) is 11.6. The van der Waals surface area contributed by atoms with E-state index >= 15 is 0 Å². The summed E-state index contributed by atoms with van der Waals surface area (Å²) in [6.07, 6.45) is 3.31. The molecule has 1 unspecified atom stereocenters. The molecular weight excluding hydrogens is 441 g/mol. The Hall–Kier alpha value is -2.24. The first-order chi connectivity index (χ1) is 14.9. The number of benzene rings is 2. The van der Waals surface area contributed by atoms with Gasteiger partial charge in [-0.1, -0.05) is 6.07 Å². The Labute approximate surface area is 187 Å². The standard InChI is InChI=1S/C21H22FN3O4S2/c1-21(2)27-10-13(29-21)11-28-25-20(26)15-6-4-12-9-23-31-19(12)18(15)24-17-7-5-14(30-3)8-16(17)22/h4-9,13,24H,10-11H2,1-3H3,(H,25,26). The summed E-state index contributed by atoms with van der Waals surface area (Å²) in [5.74, 6) is -1.53. The molecule has 1 amide bonds. The van der Waals surface area contributed by atoms with Gasteiger partial charge < -0.3 is 14.8 Å². The van der Waals surface area contributed by atoms with Crippen LogP contribution >= 0.6 is 23.3 Å². The van der Waals surface area contributed by atoms with Crippen LogP contribution in [-0.4, -0.2) is 41.6 Å². The fourth-order valence-corrected chi connectivity index (χ4v) is 4.38. The lowest BCUT2D eigenvalue weighted by Crippen LogP contribution is -2.30. The van der Waals surface area contributed by atoms with Gasteiger partial charge >= 0.3 is 0 Å². The molecule has 31 heavy (non-hydrogen) atoms. The molecule has 1 aliphatic rings. The largest absolute Gasteiger partial charge is 0.351 e. The molecule has 1 atom stereocenters. The summed E-state index contributed by atoms with van der Waals surface area (Å²) >= 11 is 2.68. The maximum atomic E-state index is 14.6. The SMILES string of the molecule is CSc1ccc(Nc2c(C(=O)NOCC3COC(C)(C)O3)ccc3cnsc23)c(F)c1. The average Bonchev–Trinajstić information content (AvgIpc) is 3.35. The number of nitrogens with zero attached hydrogens (tertiary/aromatic N) is 1. The molecular formula is C21H22FN3O4S2. The van der Waals surface area contributed by atoms with Crippen molar-refractivity contribution in [3.63, 3.8) is 0 Å². The van der Waals surface area contributed by atoms with Crippen LogP contribution in [0.2, 0.25) is 0 Å². The van der Waals surface area contributed by atoms with Crippen LogP contribution in [0.5, 0.6) is 0 Å². The van der Waals surface area contributed by atoms with Crippen LogP contribution in [0.1, 0.15) is 24.2 Å². The van der Waals surface area contributed by atoms with Gasteiger partial charge in [-0.05, 0) is 55.9 Å². The van der Waals surface area contributed by atoms with Crippen LogP contribution in [0.4, 0.5) is 15.8 Å². The number of ether oxygens (including phenoxy) is 2. The van der Waals surface area contributed by atoms with E-state index < -0.39 is 17.5 Å². The second kappa shape index (κ2) is 9.09. The molecule has 0 bridgehead atoms. The number of halogens is 1. The van der Waals surface area contributed by atoms with Crippen molar-refractivity contribution < 1.29 is 23.5 Å². The molecule has 4 rings (SSSR count). The van der Waals surface area contributed by atoms with Crippen LogP contribution in [-0.2, 0) is 14.3 Å². The van der Waals surface area contributed by atoms with Crippen molar-refractivity contribution in [2.45, 2.75) is 30.6 Å². The molecule has 164 valence electrons. The highest BCUT2D eigenvalue weighted by Gasteiger charge is 2.33. The van der Waals surface area contributed by atoms with E-state index in [0.29, 0.717) is 17.9 Å². The Kier molecular flexibility index (Phi) is 6.44. The maximum Gasteiger partial charge on any atom is 0.277 e. The van der Waals surface area contributed by atoms with Gasteiger partial charge in [0.05, 0.1) is 28.2 Å². The number of fused-ring (bicyclic) bond motifs is 1. The molecule has 2 aromatic carbocycles. The second-order valence-corrected chi connectivity index (χ2v) is 9.08. The summed E-state index contributed by atoms with van der Waals surface area (Å²) in [6, 6.07) is 8.37. The fourth-order valence-electron chi connectivity index (χ4n) is 3.21. The lowest BCUT2D eigenvalue weighted by Gasteiger charge is -2.17. The molecule has 0 aliphatic carbocycles. The summed E-state index contributed by atoms with van der Waals surface area (Å²) in [4.78, 5) is 19.0. The van der Waals surface area contributed by atoms with E-state index in [0.717, 1.165) is 15.0 Å². The minimum atomic E-state index is -0.664. The summed E-state index contributed by atoms with van der Waals surface area (Å²) in [7, 11) is 0. The highest BCUT2D eigenvalue weighted by molar-refractivity contribution is 7.98. The van der Waals surface area contributed by atoms with Gasteiger partial charge in [-0.2, -0.15) is 4.37 Å². The van der Waals surface area contributed by atoms with Gasteiger partial charge in [0, 0.05) is 16.5 Å². The third-order valence-corrected chi connectivity index (χ3v) is 6.26. The fraction of sp³-hybridized carbons (Fsp3) is 0.333. The van der Waals surface area contributed by atoms with Crippen molar-refractivity contribution in [3.8, 4) is 0 Å². The Morgan fingerprint density at radius 2 is 2.23 bits per heavy atom. The van der Waals surface area contributed by atoms with Crippen molar-refractivity contribution in [1.82, 2.24) is 9.85 Å². The monoisotopic (exact) mass is 463 g/mol. The molecule has 10 heteroatoms. The smallest absolute Gasteiger partial charge is 0.277 e. The zero-order valence-electron chi connectivity index (χ0n) is 17.2. The zero-order valence-corrected chi connectivity index (χ0v) is 18.9. The molecule has 0 saturated carbocycles. The van der Waals surface area contributed by atoms with E-state index in [1.165, 1.54) is 29.4 Å². The molecule has 1 saturated heterocycles. The summed E-state index contributed by atoms with van der Waals surface area (Å²) in [6.45, 7) is 4.16. The van der Waals surface area contributed by atoms with Gasteiger partial charge in [-0.25, -0.2) is 9.87 Å². The number of anilines is 2. The molecule has 0 radical (unpaired) electrons. The topological polar surface area (TPSA) is 81.7 Å². The van der Waals surface area contributed by atoms with Crippen molar-refractivity contribution in [2.24, 2.45) is 0 Å². The number of hydrogen-bond acceptors (Lipinski definition) is 8. The van der Waals surface area contributed by atoms with Crippen LogP contribution in [0.25, 0.3) is 10.1 Å². The number of thioether (sulfide) groups is 1. The van der Waals surface area contributed by atoms with Crippen molar-refractivity contribution in [1.29, 1.82) is 0 Å². The number of aromatic nitrogens is 1. The second-order valence-electron chi connectivity index (χ2n) is 7.40. The number of carbonyl (C=O) groups is 1. The Morgan fingerprint density at radius 1 is 1.39 bits per heavy atom. The minimum absolute atomic E-state index is 0.144. The number of nitrogens with one attached hydrogen (secondary N) is 2. The first-order valence-electron chi connectivity index (χ1n) is 9.58.